The van der Waals surface area contributed by atoms with Gasteiger partial charge in [-0.3, -0.25) is 4.79 Å². The number of nitrogens with zero attached hydrogens (tertiary/aromatic N) is 1. The van der Waals surface area contributed by atoms with Crippen LogP contribution in [0.5, 0.6) is 5.75 Å². The zero-order valence-electron chi connectivity index (χ0n) is 17.2. The van der Waals surface area contributed by atoms with Gasteiger partial charge in [-0.05, 0) is 42.8 Å². The van der Waals surface area contributed by atoms with Gasteiger partial charge in [-0.2, -0.15) is 0 Å². The molecule has 1 aromatic heterocycles. The van der Waals surface area contributed by atoms with E-state index in [1.54, 1.807) is 0 Å². The van der Waals surface area contributed by atoms with Crippen LogP contribution in [-0.4, -0.2) is 22.8 Å². The summed E-state index contributed by atoms with van der Waals surface area (Å²) >= 11 is 7.55. The third kappa shape index (κ3) is 5.24. The molecule has 0 radical (unpaired) electrons. The first kappa shape index (κ1) is 21.3. The summed E-state index contributed by atoms with van der Waals surface area (Å²) in [7, 11) is 0. The molecule has 0 atom stereocenters. The van der Waals surface area contributed by atoms with E-state index in [2.05, 4.69) is 28.2 Å². The molecule has 1 amide bonds. The van der Waals surface area contributed by atoms with Crippen molar-refractivity contribution in [3.05, 3.63) is 89.6 Å². The summed E-state index contributed by atoms with van der Waals surface area (Å²) in [5.74, 6) is 0.935. The molecule has 0 aliphatic carbocycles. The minimum atomic E-state index is -0.0633. The van der Waals surface area contributed by atoms with Gasteiger partial charge in [-0.15, -0.1) is 11.8 Å². The van der Waals surface area contributed by atoms with Crippen LogP contribution in [0.2, 0.25) is 5.02 Å². The number of hydrogen-bond acceptors (Lipinski definition) is 3. The van der Waals surface area contributed by atoms with Gasteiger partial charge in [-0.25, -0.2) is 0 Å². The molecule has 0 aliphatic heterocycles. The van der Waals surface area contributed by atoms with E-state index in [1.807, 2.05) is 67.6 Å². The number of carbonyl (C=O) groups is 1. The van der Waals surface area contributed by atoms with Crippen molar-refractivity contribution in [3.63, 3.8) is 0 Å². The van der Waals surface area contributed by atoms with Gasteiger partial charge < -0.3 is 14.6 Å². The van der Waals surface area contributed by atoms with Crippen molar-refractivity contribution >= 4 is 45.9 Å². The average molecular weight is 451 g/mol. The fourth-order valence-corrected chi connectivity index (χ4v) is 4.44. The van der Waals surface area contributed by atoms with Crippen LogP contribution in [-0.2, 0) is 11.3 Å². The third-order valence-corrected chi connectivity index (χ3v) is 6.13. The van der Waals surface area contributed by atoms with Crippen molar-refractivity contribution in [2.45, 2.75) is 18.4 Å². The Labute approximate surface area is 191 Å². The highest BCUT2D eigenvalue weighted by molar-refractivity contribution is 8.00. The third-order valence-electron chi connectivity index (χ3n) is 4.84. The second-order valence-electron chi connectivity index (χ2n) is 7.03. The first-order chi connectivity index (χ1) is 15.1. The molecule has 158 valence electrons. The second-order valence-corrected chi connectivity index (χ2v) is 8.48. The summed E-state index contributed by atoms with van der Waals surface area (Å²) in [6.45, 7) is 3.22. The lowest BCUT2D eigenvalue weighted by Gasteiger charge is -2.11. The van der Waals surface area contributed by atoms with E-state index in [9.17, 15) is 4.79 Å². The highest BCUT2D eigenvalue weighted by atomic mass is 35.5. The number of anilines is 1. The number of nitrogens with one attached hydrogen (secondary N) is 1. The molecule has 0 aliphatic rings. The lowest BCUT2D eigenvalue weighted by molar-refractivity contribution is -0.113. The summed E-state index contributed by atoms with van der Waals surface area (Å²) < 4.78 is 7.80. The van der Waals surface area contributed by atoms with Crippen LogP contribution in [0.1, 0.15) is 12.5 Å². The maximum Gasteiger partial charge on any atom is 0.234 e. The lowest BCUT2D eigenvalue weighted by Crippen LogP contribution is -2.14. The highest BCUT2D eigenvalue weighted by Crippen LogP contribution is 2.31. The topological polar surface area (TPSA) is 43.3 Å². The summed E-state index contributed by atoms with van der Waals surface area (Å²) in [6.07, 6.45) is 2.12. The van der Waals surface area contributed by atoms with Crippen LogP contribution >= 0.6 is 23.4 Å². The molecule has 0 bridgehead atoms. The minimum Gasteiger partial charge on any atom is -0.492 e. The van der Waals surface area contributed by atoms with Gasteiger partial charge in [0.05, 0.1) is 18.0 Å². The maximum absolute atomic E-state index is 12.6. The van der Waals surface area contributed by atoms with Crippen molar-refractivity contribution < 1.29 is 9.53 Å². The second kappa shape index (κ2) is 9.94. The Kier molecular flexibility index (Phi) is 6.85. The number of halogens is 1. The average Bonchev–Trinajstić information content (AvgIpc) is 3.13. The van der Waals surface area contributed by atoms with Gasteiger partial charge in [-0.1, -0.05) is 54.1 Å². The minimum absolute atomic E-state index is 0.0633. The number of carbonyl (C=O) groups excluding carboxylic acids is 1. The molecule has 4 aromatic rings. The summed E-state index contributed by atoms with van der Waals surface area (Å²) in [4.78, 5) is 13.7. The smallest absolute Gasteiger partial charge is 0.234 e. The zero-order chi connectivity index (χ0) is 21.6. The van der Waals surface area contributed by atoms with Crippen molar-refractivity contribution in [1.29, 1.82) is 0 Å². The van der Waals surface area contributed by atoms with Gasteiger partial charge in [0.1, 0.15) is 5.75 Å². The highest BCUT2D eigenvalue weighted by Gasteiger charge is 2.12. The van der Waals surface area contributed by atoms with E-state index in [0.29, 0.717) is 23.8 Å². The van der Waals surface area contributed by atoms with E-state index < -0.39 is 0 Å². The van der Waals surface area contributed by atoms with Gasteiger partial charge in [0.15, 0.2) is 0 Å². The Morgan fingerprint density at radius 3 is 2.58 bits per heavy atom. The van der Waals surface area contributed by atoms with Crippen molar-refractivity contribution in [2.24, 2.45) is 0 Å². The van der Waals surface area contributed by atoms with Gasteiger partial charge in [0.25, 0.3) is 0 Å². The van der Waals surface area contributed by atoms with Crippen LogP contribution in [0.3, 0.4) is 0 Å². The molecule has 3 aromatic carbocycles. The van der Waals surface area contributed by atoms with Gasteiger partial charge in [0, 0.05) is 33.6 Å². The standard InChI is InChI=1S/C25H23ClN2O2S/c1-2-30-23-10-6-4-8-21(23)27-25(29)17-31-24-16-28(22-9-5-3-7-20(22)24)15-18-11-13-19(26)14-12-18/h3-14,16H,2,15,17H2,1H3,(H,27,29). The number of fused-ring (bicyclic) bond motifs is 1. The number of ether oxygens (including phenoxy) is 1. The summed E-state index contributed by atoms with van der Waals surface area (Å²) in [5, 5.41) is 4.83. The van der Waals surface area contributed by atoms with Crippen molar-refractivity contribution in [2.75, 3.05) is 17.7 Å². The van der Waals surface area contributed by atoms with Crippen molar-refractivity contribution in [3.8, 4) is 5.75 Å². The summed E-state index contributed by atoms with van der Waals surface area (Å²) in [5.41, 5.74) is 3.01. The van der Waals surface area contributed by atoms with Crippen LogP contribution in [0.25, 0.3) is 10.9 Å². The van der Waals surface area contributed by atoms with Crippen molar-refractivity contribution in [1.82, 2.24) is 4.57 Å². The SMILES string of the molecule is CCOc1ccccc1NC(=O)CSc1cn(Cc2ccc(Cl)cc2)c2ccccc12. The molecule has 0 fully saturated rings. The Hall–Kier alpha value is -2.89. The number of amides is 1. The molecule has 0 unspecified atom stereocenters. The zero-order valence-corrected chi connectivity index (χ0v) is 18.7. The van der Waals surface area contributed by atoms with E-state index >= 15 is 0 Å². The van der Waals surface area contributed by atoms with Gasteiger partial charge in [0.2, 0.25) is 5.91 Å². The first-order valence-electron chi connectivity index (χ1n) is 10.1. The first-order valence-corrected chi connectivity index (χ1v) is 11.5. The van der Waals surface area contributed by atoms with Crippen LogP contribution in [0.15, 0.2) is 83.9 Å². The Morgan fingerprint density at radius 2 is 1.77 bits per heavy atom. The number of benzene rings is 3. The monoisotopic (exact) mass is 450 g/mol. The molecule has 6 heteroatoms. The maximum atomic E-state index is 12.6. The molecule has 0 saturated heterocycles. The van der Waals surface area contributed by atoms with Crippen LogP contribution in [0.4, 0.5) is 5.69 Å². The number of thioether (sulfide) groups is 1. The molecule has 0 spiro atoms. The summed E-state index contributed by atoms with van der Waals surface area (Å²) in [6, 6.07) is 23.6. The number of rotatable bonds is 8. The van der Waals surface area contributed by atoms with E-state index in [-0.39, 0.29) is 5.91 Å². The normalized spacial score (nSPS) is 10.9. The molecule has 4 rings (SSSR count). The van der Waals surface area contributed by atoms with Crippen LogP contribution in [0, 0.1) is 0 Å². The molecule has 31 heavy (non-hydrogen) atoms. The lowest BCUT2D eigenvalue weighted by atomic mass is 10.2. The Balaban J connectivity index is 1.48. The molecule has 1 heterocycles. The fourth-order valence-electron chi connectivity index (χ4n) is 3.43. The quantitative estimate of drug-likeness (QED) is 0.313. The number of aromatic nitrogens is 1. The molecule has 1 N–H and O–H groups in total. The predicted octanol–water partition coefficient (Wildman–Crippen LogP) is 6.47. The van der Waals surface area contributed by atoms with Crippen LogP contribution < -0.4 is 10.1 Å². The Bertz CT molecular complexity index is 1190. The van der Waals surface area contributed by atoms with E-state index in [4.69, 9.17) is 16.3 Å². The molecular formula is C25H23ClN2O2S. The van der Waals surface area contributed by atoms with E-state index in [1.165, 1.54) is 17.3 Å². The van der Waals surface area contributed by atoms with E-state index in [0.717, 1.165) is 27.4 Å². The number of hydrogen-bond donors (Lipinski definition) is 1. The Morgan fingerprint density at radius 1 is 1.03 bits per heavy atom. The largest absolute Gasteiger partial charge is 0.492 e. The molecule has 4 nitrogen and oxygen atoms in total. The molecule has 0 saturated carbocycles. The predicted molar refractivity (Wildman–Crippen MR) is 129 cm³/mol. The molecular weight excluding hydrogens is 428 g/mol. The van der Waals surface area contributed by atoms with Gasteiger partial charge >= 0.3 is 0 Å². The fraction of sp³-hybridized carbons (Fsp3) is 0.160. The number of para-hydroxylation sites is 3.